The predicted octanol–water partition coefficient (Wildman–Crippen LogP) is 2.30. The molecule has 0 aliphatic carbocycles. The molecule has 0 saturated heterocycles. The molecule has 0 unspecified atom stereocenters. The van der Waals surface area contributed by atoms with Crippen LogP contribution in [-0.4, -0.2) is 15.7 Å². The lowest BCUT2D eigenvalue weighted by Crippen LogP contribution is -2.13. The number of amides is 1. The van der Waals surface area contributed by atoms with Crippen molar-refractivity contribution in [3.8, 4) is 0 Å². The summed E-state index contributed by atoms with van der Waals surface area (Å²) in [6.45, 7) is 4.48. The summed E-state index contributed by atoms with van der Waals surface area (Å²) in [7, 11) is 0. The highest BCUT2D eigenvalue weighted by molar-refractivity contribution is 6.30. The van der Waals surface area contributed by atoms with E-state index in [4.69, 9.17) is 17.3 Å². The maximum Gasteiger partial charge on any atom is 0.269 e. The third-order valence-corrected chi connectivity index (χ3v) is 3.10. The highest BCUT2D eigenvalue weighted by atomic mass is 35.5. The molecule has 0 radical (unpaired) electrons. The van der Waals surface area contributed by atoms with Crippen molar-refractivity contribution in [2.75, 3.05) is 0 Å². The van der Waals surface area contributed by atoms with Gasteiger partial charge in [0.25, 0.3) is 5.91 Å². The number of benzene rings is 1. The lowest BCUT2D eigenvalue weighted by molar-refractivity contribution is 0.0995. The van der Waals surface area contributed by atoms with Gasteiger partial charge in [0.1, 0.15) is 5.69 Å². The van der Waals surface area contributed by atoms with E-state index >= 15 is 0 Å². The molecule has 94 valence electrons. The Morgan fingerprint density at radius 2 is 2.11 bits per heavy atom. The fraction of sp³-hybridized carbons (Fsp3) is 0.231. The second-order valence-corrected chi connectivity index (χ2v) is 4.70. The van der Waals surface area contributed by atoms with Crippen molar-refractivity contribution in [3.05, 3.63) is 51.8 Å². The van der Waals surface area contributed by atoms with E-state index in [-0.39, 0.29) is 5.69 Å². The number of halogens is 1. The van der Waals surface area contributed by atoms with Crippen LogP contribution in [0.25, 0.3) is 0 Å². The SMILES string of the molecule is Cc1ccc(Cl)cc1Cn1nc(C(N)=O)cc1C. The van der Waals surface area contributed by atoms with Gasteiger partial charge >= 0.3 is 0 Å². The molecule has 0 bridgehead atoms. The zero-order chi connectivity index (χ0) is 13.3. The van der Waals surface area contributed by atoms with Crippen molar-refractivity contribution in [2.45, 2.75) is 20.4 Å². The minimum absolute atomic E-state index is 0.284. The summed E-state index contributed by atoms with van der Waals surface area (Å²) in [5, 5.41) is 4.86. The molecule has 1 heterocycles. The summed E-state index contributed by atoms with van der Waals surface area (Å²) < 4.78 is 1.75. The normalized spacial score (nSPS) is 10.6. The average Bonchev–Trinajstić information content (AvgIpc) is 2.66. The molecule has 0 fully saturated rings. The van der Waals surface area contributed by atoms with Gasteiger partial charge in [-0.15, -0.1) is 0 Å². The van der Waals surface area contributed by atoms with E-state index in [2.05, 4.69) is 5.10 Å². The smallest absolute Gasteiger partial charge is 0.269 e. The van der Waals surface area contributed by atoms with Crippen molar-refractivity contribution in [1.82, 2.24) is 9.78 Å². The minimum Gasteiger partial charge on any atom is -0.364 e. The van der Waals surface area contributed by atoms with Gasteiger partial charge in [-0.05, 0) is 43.2 Å². The van der Waals surface area contributed by atoms with Gasteiger partial charge in [0, 0.05) is 10.7 Å². The summed E-state index contributed by atoms with van der Waals surface area (Å²) >= 11 is 5.97. The Morgan fingerprint density at radius 1 is 1.39 bits per heavy atom. The van der Waals surface area contributed by atoms with Crippen molar-refractivity contribution in [1.29, 1.82) is 0 Å². The molecule has 1 aromatic carbocycles. The molecule has 2 N–H and O–H groups in total. The number of hydrogen-bond acceptors (Lipinski definition) is 2. The number of hydrogen-bond donors (Lipinski definition) is 1. The highest BCUT2D eigenvalue weighted by Crippen LogP contribution is 2.17. The first-order valence-electron chi connectivity index (χ1n) is 5.56. The molecule has 1 amide bonds. The number of rotatable bonds is 3. The van der Waals surface area contributed by atoms with E-state index in [0.29, 0.717) is 11.6 Å². The van der Waals surface area contributed by atoms with Crippen LogP contribution in [0.2, 0.25) is 5.02 Å². The Balaban J connectivity index is 2.34. The fourth-order valence-electron chi connectivity index (χ4n) is 1.76. The molecule has 2 aromatic rings. The number of nitrogens with zero attached hydrogens (tertiary/aromatic N) is 2. The van der Waals surface area contributed by atoms with Crippen LogP contribution >= 0.6 is 11.6 Å². The van der Waals surface area contributed by atoms with Crippen LogP contribution in [0, 0.1) is 13.8 Å². The standard InChI is InChI=1S/C13H14ClN3O/c1-8-3-4-11(14)6-10(8)7-17-9(2)5-12(16-17)13(15)18/h3-6H,7H2,1-2H3,(H2,15,18). The van der Waals surface area contributed by atoms with Gasteiger partial charge < -0.3 is 5.73 Å². The van der Waals surface area contributed by atoms with Crippen LogP contribution in [0.5, 0.6) is 0 Å². The number of carbonyl (C=O) groups excluding carboxylic acids is 1. The maximum atomic E-state index is 11.1. The van der Waals surface area contributed by atoms with Crippen LogP contribution < -0.4 is 5.73 Å². The Labute approximate surface area is 110 Å². The Morgan fingerprint density at radius 3 is 2.72 bits per heavy atom. The topological polar surface area (TPSA) is 60.9 Å². The first-order chi connectivity index (χ1) is 8.47. The molecule has 2 rings (SSSR count). The second kappa shape index (κ2) is 4.82. The van der Waals surface area contributed by atoms with Gasteiger partial charge in [0.2, 0.25) is 0 Å². The molecular formula is C13H14ClN3O. The molecule has 0 aliphatic heterocycles. The number of carbonyl (C=O) groups is 1. The maximum absolute atomic E-state index is 11.1. The molecule has 0 aliphatic rings. The van der Waals surface area contributed by atoms with E-state index < -0.39 is 5.91 Å². The third-order valence-electron chi connectivity index (χ3n) is 2.86. The molecule has 5 heteroatoms. The fourth-order valence-corrected chi connectivity index (χ4v) is 1.96. The molecule has 0 atom stereocenters. The third kappa shape index (κ3) is 2.54. The lowest BCUT2D eigenvalue weighted by Gasteiger charge is -2.08. The second-order valence-electron chi connectivity index (χ2n) is 4.26. The number of nitrogens with two attached hydrogens (primary N) is 1. The van der Waals surface area contributed by atoms with Gasteiger partial charge in [0.05, 0.1) is 6.54 Å². The molecule has 0 saturated carbocycles. The number of aryl methyl sites for hydroxylation is 2. The summed E-state index contributed by atoms with van der Waals surface area (Å²) in [6.07, 6.45) is 0. The minimum atomic E-state index is -0.514. The van der Waals surface area contributed by atoms with Gasteiger partial charge in [-0.3, -0.25) is 9.48 Å². The Kier molecular flexibility index (Phi) is 3.39. The quantitative estimate of drug-likeness (QED) is 0.924. The van der Waals surface area contributed by atoms with E-state index in [9.17, 15) is 4.79 Å². The van der Waals surface area contributed by atoms with E-state index in [1.54, 1.807) is 10.7 Å². The first kappa shape index (κ1) is 12.6. The molecule has 1 aromatic heterocycles. The van der Waals surface area contributed by atoms with Gasteiger partial charge in [-0.25, -0.2) is 0 Å². The Bertz CT molecular complexity index is 604. The van der Waals surface area contributed by atoms with Gasteiger partial charge in [-0.2, -0.15) is 5.10 Å². The molecule has 18 heavy (non-hydrogen) atoms. The molecule has 4 nitrogen and oxygen atoms in total. The Hall–Kier alpha value is -1.81. The first-order valence-corrected chi connectivity index (χ1v) is 5.94. The van der Waals surface area contributed by atoms with Crippen molar-refractivity contribution in [3.63, 3.8) is 0 Å². The largest absolute Gasteiger partial charge is 0.364 e. The average molecular weight is 264 g/mol. The number of aromatic nitrogens is 2. The summed E-state index contributed by atoms with van der Waals surface area (Å²) in [6, 6.07) is 7.40. The summed E-state index contributed by atoms with van der Waals surface area (Å²) in [5.74, 6) is -0.514. The van der Waals surface area contributed by atoms with Crippen LogP contribution in [-0.2, 0) is 6.54 Å². The lowest BCUT2D eigenvalue weighted by atomic mass is 10.1. The van der Waals surface area contributed by atoms with Crippen LogP contribution in [0.1, 0.15) is 27.3 Å². The van der Waals surface area contributed by atoms with Gasteiger partial charge in [-0.1, -0.05) is 17.7 Å². The van der Waals surface area contributed by atoms with Gasteiger partial charge in [0.15, 0.2) is 0 Å². The number of primary amides is 1. The van der Waals surface area contributed by atoms with E-state index in [0.717, 1.165) is 16.8 Å². The zero-order valence-electron chi connectivity index (χ0n) is 10.3. The van der Waals surface area contributed by atoms with Crippen molar-refractivity contribution < 1.29 is 4.79 Å². The van der Waals surface area contributed by atoms with Crippen molar-refractivity contribution in [2.24, 2.45) is 5.73 Å². The molecular weight excluding hydrogens is 250 g/mol. The van der Waals surface area contributed by atoms with Crippen LogP contribution in [0.15, 0.2) is 24.3 Å². The monoisotopic (exact) mass is 263 g/mol. The predicted molar refractivity (Wildman–Crippen MR) is 70.8 cm³/mol. The summed E-state index contributed by atoms with van der Waals surface area (Å²) in [5.41, 5.74) is 8.59. The van der Waals surface area contributed by atoms with Crippen LogP contribution in [0.4, 0.5) is 0 Å². The highest BCUT2D eigenvalue weighted by Gasteiger charge is 2.10. The van der Waals surface area contributed by atoms with Crippen molar-refractivity contribution >= 4 is 17.5 Å². The van der Waals surface area contributed by atoms with E-state index in [1.165, 1.54) is 0 Å². The van der Waals surface area contributed by atoms with E-state index in [1.807, 2.05) is 32.0 Å². The zero-order valence-corrected chi connectivity index (χ0v) is 11.0. The summed E-state index contributed by atoms with van der Waals surface area (Å²) in [4.78, 5) is 11.1. The molecule has 0 spiro atoms. The van der Waals surface area contributed by atoms with Crippen LogP contribution in [0.3, 0.4) is 0 Å².